The first-order chi connectivity index (χ1) is 10.6. The monoisotopic (exact) mass is 305 g/mol. The van der Waals surface area contributed by atoms with Gasteiger partial charge in [-0.2, -0.15) is 5.10 Å². The number of hydrazone groups is 1. The molecule has 1 aromatic carbocycles. The van der Waals surface area contributed by atoms with Crippen LogP contribution in [-0.4, -0.2) is 47.5 Å². The van der Waals surface area contributed by atoms with E-state index in [2.05, 4.69) is 10.5 Å². The Bertz CT molecular complexity index is 576. The maximum atomic E-state index is 11.6. The third kappa shape index (κ3) is 4.21. The second-order valence-electron chi connectivity index (χ2n) is 4.86. The Morgan fingerprint density at radius 3 is 2.73 bits per heavy atom. The molecule has 1 heterocycles. The van der Waals surface area contributed by atoms with Crippen molar-refractivity contribution in [3.63, 3.8) is 0 Å². The highest BCUT2D eigenvalue weighted by molar-refractivity contribution is 5.89. The van der Waals surface area contributed by atoms with Gasteiger partial charge in [-0.3, -0.25) is 5.43 Å². The molecule has 1 saturated heterocycles. The molecule has 1 amide bonds. The Morgan fingerprint density at radius 1 is 1.36 bits per heavy atom. The van der Waals surface area contributed by atoms with Gasteiger partial charge in [-0.05, 0) is 25.1 Å². The van der Waals surface area contributed by atoms with Crippen LogP contribution in [-0.2, 0) is 4.74 Å². The average molecular weight is 305 g/mol. The number of benzene rings is 1. The van der Waals surface area contributed by atoms with Crippen LogP contribution in [0.2, 0.25) is 0 Å². The summed E-state index contributed by atoms with van der Waals surface area (Å²) in [7, 11) is 0. The van der Waals surface area contributed by atoms with Crippen LogP contribution >= 0.6 is 0 Å². The molecule has 2 rings (SSSR count). The fraction of sp³-hybridized carbons (Fsp3) is 0.400. The lowest BCUT2D eigenvalue weighted by molar-refractivity contribution is 0.0696. The summed E-state index contributed by atoms with van der Waals surface area (Å²) in [5.41, 5.74) is 4.65. The number of piperidine rings is 1. The number of nitrogens with one attached hydrogen (secondary N) is 1. The average Bonchev–Trinajstić information content (AvgIpc) is 2.54. The Balaban J connectivity index is 1.89. The van der Waals surface area contributed by atoms with E-state index >= 15 is 0 Å². The molecule has 2 N–H and O–H groups in total. The van der Waals surface area contributed by atoms with Gasteiger partial charge in [0.05, 0.1) is 17.9 Å². The van der Waals surface area contributed by atoms with Crippen LogP contribution in [0.25, 0.3) is 0 Å². The van der Waals surface area contributed by atoms with Crippen molar-refractivity contribution in [2.45, 2.75) is 19.8 Å². The van der Waals surface area contributed by atoms with Gasteiger partial charge < -0.3 is 14.7 Å². The number of likely N-dealkylation sites (tertiary alicyclic amines) is 1. The molecule has 0 aromatic heterocycles. The molecule has 1 aliphatic heterocycles. The van der Waals surface area contributed by atoms with Crippen LogP contribution in [0.4, 0.5) is 10.5 Å². The molecule has 1 aliphatic rings. The Hall–Kier alpha value is -2.57. The number of anilines is 1. The molecule has 7 heteroatoms. The minimum atomic E-state index is -0.973. The summed E-state index contributed by atoms with van der Waals surface area (Å²) in [6, 6.07) is 6.47. The van der Waals surface area contributed by atoms with Crippen LogP contribution < -0.4 is 5.43 Å². The van der Waals surface area contributed by atoms with Crippen molar-refractivity contribution in [3.05, 3.63) is 29.8 Å². The zero-order valence-electron chi connectivity index (χ0n) is 12.4. The van der Waals surface area contributed by atoms with Gasteiger partial charge >= 0.3 is 12.1 Å². The van der Waals surface area contributed by atoms with E-state index in [1.54, 1.807) is 24.0 Å². The van der Waals surface area contributed by atoms with Crippen LogP contribution in [0.15, 0.2) is 29.4 Å². The highest BCUT2D eigenvalue weighted by Gasteiger charge is 2.20. The van der Waals surface area contributed by atoms with Gasteiger partial charge in [0, 0.05) is 31.6 Å². The summed E-state index contributed by atoms with van der Waals surface area (Å²) in [6.07, 6.45) is 1.05. The van der Waals surface area contributed by atoms with Gasteiger partial charge in [0.25, 0.3) is 0 Å². The maximum absolute atomic E-state index is 11.6. The first kappa shape index (κ1) is 15.8. The van der Waals surface area contributed by atoms with Crippen LogP contribution in [0.5, 0.6) is 0 Å². The number of carbonyl (C=O) groups excluding carboxylic acids is 1. The summed E-state index contributed by atoms with van der Waals surface area (Å²) >= 11 is 0. The molecule has 1 fully saturated rings. The number of carbonyl (C=O) groups is 2. The van der Waals surface area contributed by atoms with Crippen LogP contribution in [0.3, 0.4) is 0 Å². The molecule has 0 spiro atoms. The van der Waals surface area contributed by atoms with Gasteiger partial charge in [-0.15, -0.1) is 0 Å². The first-order valence-corrected chi connectivity index (χ1v) is 7.16. The maximum Gasteiger partial charge on any atom is 0.409 e. The number of hydrogen-bond donors (Lipinski definition) is 2. The molecule has 0 atom stereocenters. The molecule has 0 radical (unpaired) electrons. The smallest absolute Gasteiger partial charge is 0.409 e. The van der Waals surface area contributed by atoms with E-state index in [4.69, 9.17) is 9.84 Å². The van der Waals surface area contributed by atoms with Gasteiger partial charge in [0.15, 0.2) is 0 Å². The Morgan fingerprint density at radius 2 is 2.09 bits per heavy atom. The summed E-state index contributed by atoms with van der Waals surface area (Å²) in [6.45, 7) is 3.31. The van der Waals surface area contributed by atoms with Gasteiger partial charge in [0.2, 0.25) is 0 Å². The quantitative estimate of drug-likeness (QED) is 0.833. The van der Waals surface area contributed by atoms with E-state index in [-0.39, 0.29) is 11.7 Å². The van der Waals surface area contributed by atoms with Crippen molar-refractivity contribution in [3.8, 4) is 0 Å². The van der Waals surface area contributed by atoms with Crippen molar-refractivity contribution in [1.29, 1.82) is 0 Å². The number of amides is 1. The molecule has 0 saturated carbocycles. The van der Waals surface area contributed by atoms with E-state index in [1.807, 2.05) is 0 Å². The van der Waals surface area contributed by atoms with Crippen LogP contribution in [0.1, 0.15) is 30.1 Å². The number of aromatic carboxylic acids is 1. The zero-order valence-corrected chi connectivity index (χ0v) is 12.4. The lowest BCUT2D eigenvalue weighted by Crippen LogP contribution is -2.39. The zero-order chi connectivity index (χ0) is 15.9. The van der Waals surface area contributed by atoms with E-state index in [0.29, 0.717) is 38.2 Å². The van der Waals surface area contributed by atoms with E-state index < -0.39 is 5.97 Å². The number of carboxylic acids is 1. The number of carboxylic acid groups (broad SMARTS) is 1. The van der Waals surface area contributed by atoms with Crippen molar-refractivity contribution < 1.29 is 19.4 Å². The second kappa shape index (κ2) is 7.44. The normalized spacial score (nSPS) is 14.4. The third-order valence-corrected chi connectivity index (χ3v) is 3.32. The fourth-order valence-corrected chi connectivity index (χ4v) is 2.14. The minimum Gasteiger partial charge on any atom is -0.478 e. The molecule has 7 nitrogen and oxygen atoms in total. The van der Waals surface area contributed by atoms with Crippen molar-refractivity contribution in [2.24, 2.45) is 5.10 Å². The predicted octanol–water partition coefficient (Wildman–Crippen LogP) is 2.41. The molecule has 0 bridgehead atoms. The highest BCUT2D eigenvalue weighted by atomic mass is 16.6. The number of rotatable bonds is 4. The van der Waals surface area contributed by atoms with Crippen LogP contribution in [0, 0.1) is 0 Å². The molecule has 1 aromatic rings. The van der Waals surface area contributed by atoms with E-state index in [0.717, 1.165) is 5.71 Å². The molecular formula is C15H19N3O4. The predicted molar refractivity (Wildman–Crippen MR) is 82.3 cm³/mol. The third-order valence-electron chi connectivity index (χ3n) is 3.32. The number of ether oxygens (including phenoxy) is 1. The lowest BCUT2D eigenvalue weighted by Gasteiger charge is -2.26. The Kier molecular flexibility index (Phi) is 5.35. The van der Waals surface area contributed by atoms with Crippen molar-refractivity contribution in [1.82, 2.24) is 4.90 Å². The second-order valence-corrected chi connectivity index (χ2v) is 4.86. The topological polar surface area (TPSA) is 91.2 Å². The lowest BCUT2D eigenvalue weighted by atomic mass is 10.1. The van der Waals surface area contributed by atoms with Crippen molar-refractivity contribution >= 4 is 23.5 Å². The van der Waals surface area contributed by atoms with Gasteiger partial charge in [-0.25, -0.2) is 9.59 Å². The summed E-state index contributed by atoms with van der Waals surface area (Å²) in [4.78, 5) is 24.1. The fourth-order valence-electron chi connectivity index (χ4n) is 2.14. The summed E-state index contributed by atoms with van der Waals surface area (Å²) in [5, 5.41) is 13.2. The standard InChI is InChI=1S/C15H19N3O4/c1-2-22-15(21)18-8-6-12(7-9-18)16-17-13-5-3-4-11(10-13)14(19)20/h3-5,10,17H,2,6-9H2,1H3,(H,19,20). The van der Waals surface area contributed by atoms with Gasteiger partial charge in [0.1, 0.15) is 0 Å². The SMILES string of the molecule is CCOC(=O)N1CCC(=NNc2cccc(C(=O)O)c2)CC1. The van der Waals surface area contributed by atoms with E-state index in [1.165, 1.54) is 12.1 Å². The number of hydrogen-bond acceptors (Lipinski definition) is 5. The Labute approximate surface area is 128 Å². The van der Waals surface area contributed by atoms with E-state index in [9.17, 15) is 9.59 Å². The summed E-state index contributed by atoms with van der Waals surface area (Å²) in [5.74, 6) is -0.973. The largest absolute Gasteiger partial charge is 0.478 e. The molecule has 0 unspecified atom stereocenters. The molecular weight excluding hydrogens is 286 g/mol. The highest BCUT2D eigenvalue weighted by Crippen LogP contribution is 2.13. The molecule has 22 heavy (non-hydrogen) atoms. The van der Waals surface area contributed by atoms with Crippen molar-refractivity contribution in [2.75, 3.05) is 25.1 Å². The van der Waals surface area contributed by atoms with Gasteiger partial charge in [-0.1, -0.05) is 6.07 Å². The molecule has 0 aliphatic carbocycles. The molecule has 118 valence electrons. The summed E-state index contributed by atoms with van der Waals surface area (Å²) < 4.78 is 4.96. The minimum absolute atomic E-state index is 0.210. The first-order valence-electron chi connectivity index (χ1n) is 7.16. The number of nitrogens with zero attached hydrogens (tertiary/aromatic N) is 2.